The maximum Gasteiger partial charge on any atom is 0.241 e. The summed E-state index contributed by atoms with van der Waals surface area (Å²) in [4.78, 5) is 0.566. The van der Waals surface area contributed by atoms with Gasteiger partial charge in [-0.3, -0.25) is 0 Å². The third kappa shape index (κ3) is 3.15. The second-order valence-corrected chi connectivity index (χ2v) is 6.84. The van der Waals surface area contributed by atoms with E-state index in [1.165, 1.54) is 0 Å². The molecule has 1 atom stereocenters. The number of nitrogens with one attached hydrogen (secondary N) is 1. The van der Waals surface area contributed by atoms with Crippen LogP contribution in [0.5, 0.6) is 0 Å². The highest BCUT2D eigenvalue weighted by Crippen LogP contribution is 2.22. The number of sulfonamides is 1. The molecule has 2 aromatic rings. The van der Waals surface area contributed by atoms with E-state index in [4.69, 9.17) is 18.0 Å². The van der Waals surface area contributed by atoms with Gasteiger partial charge in [0, 0.05) is 17.8 Å². The fourth-order valence-corrected chi connectivity index (χ4v) is 3.28. The molecule has 20 heavy (non-hydrogen) atoms. The molecule has 0 aliphatic carbocycles. The molecule has 106 valence electrons. The number of benzene rings is 2. The predicted molar refractivity (Wildman–Crippen MR) is 85.1 cm³/mol. The highest BCUT2D eigenvalue weighted by Gasteiger charge is 2.18. The number of fused-ring (bicyclic) bond motifs is 1. The number of rotatable bonds is 5. The Labute approximate surface area is 124 Å². The second-order valence-electron chi connectivity index (χ2n) is 4.63. The lowest BCUT2D eigenvalue weighted by Crippen LogP contribution is -2.33. The average molecular weight is 308 g/mol. The predicted octanol–water partition coefficient (Wildman–Crippen LogP) is 2.04. The molecule has 0 saturated heterocycles. The topological polar surface area (TPSA) is 72.2 Å². The summed E-state index contributed by atoms with van der Waals surface area (Å²) in [6.07, 6.45) is 0. The van der Waals surface area contributed by atoms with Crippen molar-refractivity contribution in [3.63, 3.8) is 0 Å². The van der Waals surface area contributed by atoms with E-state index in [1.54, 1.807) is 25.1 Å². The third-order valence-electron chi connectivity index (χ3n) is 3.10. The highest BCUT2D eigenvalue weighted by atomic mass is 32.2. The van der Waals surface area contributed by atoms with Crippen LogP contribution in [0.3, 0.4) is 0 Å². The molecule has 0 heterocycles. The molecular formula is C14H16N2O2S2. The van der Waals surface area contributed by atoms with Gasteiger partial charge in [-0.15, -0.1) is 0 Å². The zero-order valence-corrected chi connectivity index (χ0v) is 12.7. The van der Waals surface area contributed by atoms with Crippen LogP contribution in [0.1, 0.15) is 6.92 Å². The number of hydrogen-bond acceptors (Lipinski definition) is 3. The minimum Gasteiger partial charge on any atom is -0.393 e. The van der Waals surface area contributed by atoms with Gasteiger partial charge in [-0.2, -0.15) is 0 Å². The van der Waals surface area contributed by atoms with E-state index in [-0.39, 0.29) is 17.4 Å². The van der Waals surface area contributed by atoms with Crippen LogP contribution in [-0.2, 0) is 10.0 Å². The molecule has 0 fully saturated rings. The Morgan fingerprint density at radius 3 is 2.60 bits per heavy atom. The van der Waals surface area contributed by atoms with E-state index in [0.717, 1.165) is 5.39 Å². The average Bonchev–Trinajstić information content (AvgIpc) is 2.44. The van der Waals surface area contributed by atoms with Crippen molar-refractivity contribution in [1.82, 2.24) is 4.72 Å². The van der Waals surface area contributed by atoms with Crippen LogP contribution in [0.4, 0.5) is 0 Å². The Morgan fingerprint density at radius 2 is 1.90 bits per heavy atom. The lowest BCUT2D eigenvalue weighted by atomic mass is 10.1. The first-order chi connectivity index (χ1) is 9.42. The second kappa shape index (κ2) is 5.87. The van der Waals surface area contributed by atoms with Gasteiger partial charge >= 0.3 is 0 Å². The monoisotopic (exact) mass is 308 g/mol. The van der Waals surface area contributed by atoms with Gasteiger partial charge in [-0.05, 0) is 11.5 Å². The van der Waals surface area contributed by atoms with Gasteiger partial charge in [0.1, 0.15) is 0 Å². The Bertz CT molecular complexity index is 736. The van der Waals surface area contributed by atoms with Crippen molar-refractivity contribution in [3.8, 4) is 0 Å². The zero-order chi connectivity index (χ0) is 14.8. The first-order valence-corrected chi connectivity index (χ1v) is 8.07. The largest absolute Gasteiger partial charge is 0.393 e. The lowest BCUT2D eigenvalue weighted by Gasteiger charge is -2.13. The smallest absolute Gasteiger partial charge is 0.241 e. The molecule has 0 radical (unpaired) electrons. The van der Waals surface area contributed by atoms with Crippen molar-refractivity contribution in [3.05, 3.63) is 42.5 Å². The third-order valence-corrected chi connectivity index (χ3v) is 4.99. The van der Waals surface area contributed by atoms with Gasteiger partial charge in [0.15, 0.2) is 0 Å². The summed E-state index contributed by atoms with van der Waals surface area (Å²) in [6, 6.07) is 12.6. The molecule has 0 aliphatic heterocycles. The van der Waals surface area contributed by atoms with Crippen molar-refractivity contribution >= 4 is 38.0 Å². The van der Waals surface area contributed by atoms with Crippen molar-refractivity contribution in [1.29, 1.82) is 0 Å². The van der Waals surface area contributed by atoms with E-state index in [0.29, 0.717) is 10.4 Å². The fraction of sp³-hybridized carbons (Fsp3) is 0.214. The fourth-order valence-electron chi connectivity index (χ4n) is 1.84. The Hall–Kier alpha value is -1.50. The summed E-state index contributed by atoms with van der Waals surface area (Å²) in [6.45, 7) is 1.98. The maximum atomic E-state index is 12.4. The van der Waals surface area contributed by atoms with Crippen LogP contribution in [-0.4, -0.2) is 20.0 Å². The van der Waals surface area contributed by atoms with Crippen LogP contribution in [0.15, 0.2) is 47.4 Å². The van der Waals surface area contributed by atoms with Crippen LogP contribution < -0.4 is 10.5 Å². The molecule has 2 aromatic carbocycles. The highest BCUT2D eigenvalue weighted by molar-refractivity contribution is 7.89. The SMILES string of the molecule is CC(CNS(=O)(=O)c1cccc2ccccc12)C(N)=S. The molecule has 0 amide bonds. The molecular weight excluding hydrogens is 292 g/mol. The molecule has 0 aliphatic rings. The Morgan fingerprint density at radius 1 is 1.25 bits per heavy atom. The summed E-state index contributed by atoms with van der Waals surface area (Å²) in [5.41, 5.74) is 5.49. The van der Waals surface area contributed by atoms with Crippen molar-refractivity contribution < 1.29 is 8.42 Å². The van der Waals surface area contributed by atoms with Crippen molar-refractivity contribution in [2.75, 3.05) is 6.54 Å². The zero-order valence-electron chi connectivity index (χ0n) is 11.0. The van der Waals surface area contributed by atoms with E-state index < -0.39 is 10.0 Å². The van der Waals surface area contributed by atoms with Gasteiger partial charge < -0.3 is 5.73 Å². The molecule has 6 heteroatoms. The number of hydrogen-bond donors (Lipinski definition) is 2. The lowest BCUT2D eigenvalue weighted by molar-refractivity contribution is 0.576. The molecule has 4 nitrogen and oxygen atoms in total. The van der Waals surface area contributed by atoms with Crippen LogP contribution in [0.25, 0.3) is 10.8 Å². The van der Waals surface area contributed by atoms with Gasteiger partial charge in [0.2, 0.25) is 10.0 Å². The van der Waals surface area contributed by atoms with E-state index in [2.05, 4.69) is 4.72 Å². The van der Waals surface area contributed by atoms with E-state index >= 15 is 0 Å². The van der Waals surface area contributed by atoms with Gasteiger partial charge in [-0.25, -0.2) is 13.1 Å². The molecule has 3 N–H and O–H groups in total. The molecule has 1 unspecified atom stereocenters. The van der Waals surface area contributed by atoms with Gasteiger partial charge in [0.25, 0.3) is 0 Å². The molecule has 2 rings (SSSR count). The van der Waals surface area contributed by atoms with E-state index in [1.807, 2.05) is 24.3 Å². The van der Waals surface area contributed by atoms with Crippen molar-refractivity contribution in [2.45, 2.75) is 11.8 Å². The molecule has 0 bridgehead atoms. The maximum absolute atomic E-state index is 12.4. The van der Waals surface area contributed by atoms with E-state index in [9.17, 15) is 8.42 Å². The number of thiocarbonyl (C=S) groups is 1. The Kier molecular flexibility index (Phi) is 4.37. The van der Waals surface area contributed by atoms with Crippen LogP contribution in [0.2, 0.25) is 0 Å². The minimum atomic E-state index is -3.58. The molecule has 0 saturated carbocycles. The Balaban J connectivity index is 2.35. The van der Waals surface area contributed by atoms with Crippen molar-refractivity contribution in [2.24, 2.45) is 11.7 Å². The summed E-state index contributed by atoms with van der Waals surface area (Å²) in [7, 11) is -3.58. The summed E-state index contributed by atoms with van der Waals surface area (Å²) in [5.74, 6) is -0.185. The van der Waals surface area contributed by atoms with Crippen LogP contribution in [0, 0.1) is 5.92 Å². The summed E-state index contributed by atoms with van der Waals surface area (Å²) < 4.78 is 27.3. The first kappa shape index (κ1) is 14.9. The summed E-state index contributed by atoms with van der Waals surface area (Å²) in [5, 5.41) is 1.59. The standard InChI is InChI=1S/C14H16N2O2S2/c1-10(14(15)19)9-16-20(17,18)13-8-4-6-11-5-2-3-7-12(11)13/h2-8,10,16H,9H2,1H3,(H2,15,19). The minimum absolute atomic E-state index is 0.185. The molecule has 0 aromatic heterocycles. The molecule has 0 spiro atoms. The normalized spacial score (nSPS) is 13.2. The first-order valence-electron chi connectivity index (χ1n) is 6.18. The quantitative estimate of drug-likeness (QED) is 0.829. The summed E-state index contributed by atoms with van der Waals surface area (Å²) >= 11 is 4.84. The number of nitrogens with two attached hydrogens (primary N) is 1. The van der Waals surface area contributed by atoms with Gasteiger partial charge in [-0.1, -0.05) is 55.5 Å². The van der Waals surface area contributed by atoms with Gasteiger partial charge in [0.05, 0.1) is 9.88 Å². The van der Waals surface area contributed by atoms with Crippen LogP contribution >= 0.6 is 12.2 Å².